The molecule has 0 fully saturated rings. The summed E-state index contributed by atoms with van der Waals surface area (Å²) in [6.45, 7) is 17.2. The van der Waals surface area contributed by atoms with Crippen molar-refractivity contribution in [2.75, 3.05) is 13.1 Å². The van der Waals surface area contributed by atoms with Crippen LogP contribution in [-0.2, 0) is 13.1 Å². The van der Waals surface area contributed by atoms with Crippen molar-refractivity contribution >= 4 is 0 Å². The standard InChI is InChI=1S/C16H30N2O/c1-7-17-9-16-8-15(14(6)19-16)11-18(13(4)5)10-12(2)3/h8,12-13,17H,7,9-11H2,1-6H3. The van der Waals surface area contributed by atoms with Crippen LogP contribution in [-0.4, -0.2) is 24.0 Å². The number of hydrogen-bond donors (Lipinski definition) is 1. The maximum Gasteiger partial charge on any atom is 0.118 e. The minimum absolute atomic E-state index is 0.564. The van der Waals surface area contributed by atoms with Crippen molar-refractivity contribution in [1.29, 1.82) is 0 Å². The zero-order valence-corrected chi connectivity index (χ0v) is 13.4. The van der Waals surface area contributed by atoms with Gasteiger partial charge in [0, 0.05) is 24.7 Å². The largest absolute Gasteiger partial charge is 0.465 e. The topological polar surface area (TPSA) is 28.4 Å². The number of nitrogens with zero attached hydrogens (tertiary/aromatic N) is 1. The van der Waals surface area contributed by atoms with Crippen molar-refractivity contribution in [1.82, 2.24) is 10.2 Å². The fourth-order valence-electron chi connectivity index (χ4n) is 2.23. The molecule has 0 aliphatic heterocycles. The summed E-state index contributed by atoms with van der Waals surface area (Å²) in [7, 11) is 0. The minimum Gasteiger partial charge on any atom is -0.465 e. The molecule has 1 heterocycles. The van der Waals surface area contributed by atoms with Gasteiger partial charge in [0.2, 0.25) is 0 Å². The molecule has 0 saturated carbocycles. The van der Waals surface area contributed by atoms with Crippen LogP contribution in [0.1, 0.15) is 51.7 Å². The summed E-state index contributed by atoms with van der Waals surface area (Å²) in [5, 5.41) is 3.31. The van der Waals surface area contributed by atoms with E-state index in [9.17, 15) is 0 Å². The van der Waals surface area contributed by atoms with Gasteiger partial charge in [0.05, 0.1) is 6.54 Å². The molecule has 3 nitrogen and oxygen atoms in total. The average molecular weight is 266 g/mol. The molecule has 1 rings (SSSR count). The molecule has 0 amide bonds. The van der Waals surface area contributed by atoms with E-state index < -0.39 is 0 Å². The Morgan fingerprint density at radius 3 is 2.47 bits per heavy atom. The second kappa shape index (κ2) is 7.71. The highest BCUT2D eigenvalue weighted by atomic mass is 16.3. The summed E-state index contributed by atoms with van der Waals surface area (Å²) in [5.41, 5.74) is 1.32. The Balaban J connectivity index is 2.70. The molecule has 110 valence electrons. The third-order valence-electron chi connectivity index (χ3n) is 3.32. The molecule has 0 spiro atoms. The summed E-state index contributed by atoms with van der Waals surface area (Å²) in [4.78, 5) is 2.51. The maximum atomic E-state index is 5.81. The first-order chi connectivity index (χ1) is 8.93. The first-order valence-corrected chi connectivity index (χ1v) is 7.47. The smallest absolute Gasteiger partial charge is 0.118 e. The first kappa shape index (κ1) is 16.3. The minimum atomic E-state index is 0.564. The summed E-state index contributed by atoms with van der Waals surface area (Å²) in [6.07, 6.45) is 0. The molecular formula is C16H30N2O. The quantitative estimate of drug-likeness (QED) is 0.780. The van der Waals surface area contributed by atoms with Crippen LogP contribution in [0.5, 0.6) is 0 Å². The van der Waals surface area contributed by atoms with E-state index in [1.54, 1.807) is 0 Å². The van der Waals surface area contributed by atoms with E-state index in [0.29, 0.717) is 12.0 Å². The van der Waals surface area contributed by atoms with Crippen molar-refractivity contribution in [3.8, 4) is 0 Å². The van der Waals surface area contributed by atoms with Gasteiger partial charge in [0.15, 0.2) is 0 Å². The highest BCUT2D eigenvalue weighted by Crippen LogP contribution is 2.18. The van der Waals surface area contributed by atoms with Crippen molar-refractivity contribution in [2.45, 2.75) is 60.7 Å². The summed E-state index contributed by atoms with van der Waals surface area (Å²) < 4.78 is 5.81. The number of hydrogen-bond acceptors (Lipinski definition) is 3. The lowest BCUT2D eigenvalue weighted by Gasteiger charge is -2.27. The van der Waals surface area contributed by atoms with Crippen LogP contribution in [0.4, 0.5) is 0 Å². The SMILES string of the molecule is CCNCc1cc(CN(CC(C)C)C(C)C)c(C)o1. The summed E-state index contributed by atoms with van der Waals surface area (Å²) in [6, 6.07) is 2.77. The Bertz CT molecular complexity index is 369. The molecule has 1 aromatic heterocycles. The molecule has 0 bridgehead atoms. The molecule has 0 saturated heterocycles. The lowest BCUT2D eigenvalue weighted by atomic mass is 10.1. The predicted octanol–water partition coefficient (Wildman–Crippen LogP) is 3.56. The molecule has 0 aliphatic rings. The molecule has 0 unspecified atom stereocenters. The van der Waals surface area contributed by atoms with Crippen LogP contribution in [0.25, 0.3) is 0 Å². The molecule has 0 atom stereocenters. The lowest BCUT2D eigenvalue weighted by Crippen LogP contribution is -2.33. The van der Waals surface area contributed by atoms with Gasteiger partial charge in [0.1, 0.15) is 11.5 Å². The highest BCUT2D eigenvalue weighted by molar-refractivity contribution is 5.20. The summed E-state index contributed by atoms with van der Waals surface area (Å²) in [5.74, 6) is 2.79. The molecule has 1 N–H and O–H groups in total. The van der Waals surface area contributed by atoms with E-state index in [4.69, 9.17) is 4.42 Å². The highest BCUT2D eigenvalue weighted by Gasteiger charge is 2.15. The zero-order valence-electron chi connectivity index (χ0n) is 13.4. The molecular weight excluding hydrogens is 236 g/mol. The van der Waals surface area contributed by atoms with Gasteiger partial charge in [-0.15, -0.1) is 0 Å². The van der Waals surface area contributed by atoms with E-state index in [2.05, 4.69) is 57.8 Å². The number of aryl methyl sites for hydroxylation is 1. The van der Waals surface area contributed by atoms with Crippen LogP contribution < -0.4 is 5.32 Å². The number of nitrogens with one attached hydrogen (secondary N) is 1. The van der Waals surface area contributed by atoms with E-state index in [1.165, 1.54) is 5.56 Å². The van der Waals surface area contributed by atoms with Gasteiger partial charge < -0.3 is 9.73 Å². The van der Waals surface area contributed by atoms with E-state index in [0.717, 1.165) is 37.7 Å². The average Bonchev–Trinajstić information content (AvgIpc) is 2.66. The fourth-order valence-corrected chi connectivity index (χ4v) is 2.23. The molecule has 0 aliphatic carbocycles. The van der Waals surface area contributed by atoms with Crippen molar-refractivity contribution in [3.63, 3.8) is 0 Å². The normalized spacial score (nSPS) is 12.1. The van der Waals surface area contributed by atoms with Gasteiger partial charge in [-0.1, -0.05) is 20.8 Å². The lowest BCUT2D eigenvalue weighted by molar-refractivity contribution is 0.188. The second-order valence-corrected chi connectivity index (χ2v) is 5.99. The van der Waals surface area contributed by atoms with E-state index in [1.807, 2.05) is 0 Å². The van der Waals surface area contributed by atoms with Crippen LogP contribution in [0.15, 0.2) is 10.5 Å². The van der Waals surface area contributed by atoms with Gasteiger partial charge in [-0.25, -0.2) is 0 Å². The van der Waals surface area contributed by atoms with E-state index >= 15 is 0 Å². The first-order valence-electron chi connectivity index (χ1n) is 7.47. The van der Waals surface area contributed by atoms with Crippen molar-refractivity contribution in [3.05, 3.63) is 23.2 Å². The van der Waals surface area contributed by atoms with Crippen LogP contribution in [0.3, 0.4) is 0 Å². The van der Waals surface area contributed by atoms with Crippen molar-refractivity contribution in [2.24, 2.45) is 5.92 Å². The van der Waals surface area contributed by atoms with Gasteiger partial charge in [0.25, 0.3) is 0 Å². The maximum absolute atomic E-state index is 5.81. The van der Waals surface area contributed by atoms with Gasteiger partial charge >= 0.3 is 0 Å². The Morgan fingerprint density at radius 2 is 1.95 bits per heavy atom. The second-order valence-electron chi connectivity index (χ2n) is 5.99. The number of furan rings is 1. The molecule has 19 heavy (non-hydrogen) atoms. The van der Waals surface area contributed by atoms with Crippen LogP contribution in [0, 0.1) is 12.8 Å². The van der Waals surface area contributed by atoms with Crippen LogP contribution >= 0.6 is 0 Å². The Morgan fingerprint density at radius 1 is 1.26 bits per heavy atom. The molecule has 0 aromatic carbocycles. The Hall–Kier alpha value is -0.800. The predicted molar refractivity (Wildman–Crippen MR) is 81.2 cm³/mol. The molecule has 0 radical (unpaired) electrons. The van der Waals surface area contributed by atoms with E-state index in [-0.39, 0.29) is 0 Å². The zero-order chi connectivity index (χ0) is 14.4. The van der Waals surface area contributed by atoms with Gasteiger partial charge in [-0.2, -0.15) is 0 Å². The molecule has 1 aromatic rings. The third-order valence-corrected chi connectivity index (χ3v) is 3.32. The molecule has 3 heteroatoms. The third kappa shape index (κ3) is 5.37. The van der Waals surface area contributed by atoms with Gasteiger partial charge in [-0.05, 0) is 39.3 Å². The van der Waals surface area contributed by atoms with Crippen LogP contribution in [0.2, 0.25) is 0 Å². The van der Waals surface area contributed by atoms with Crippen molar-refractivity contribution < 1.29 is 4.42 Å². The number of rotatable bonds is 8. The summed E-state index contributed by atoms with van der Waals surface area (Å²) >= 11 is 0. The monoisotopic (exact) mass is 266 g/mol. The fraction of sp³-hybridized carbons (Fsp3) is 0.750. The Labute approximate surface area is 118 Å². The van der Waals surface area contributed by atoms with Gasteiger partial charge in [-0.3, -0.25) is 4.90 Å². The Kier molecular flexibility index (Phi) is 6.59.